The number of halogens is 2. The lowest BCUT2D eigenvalue weighted by atomic mass is 10.2. The van der Waals surface area contributed by atoms with Gasteiger partial charge in [0, 0.05) is 10.0 Å². The molecule has 2 rings (SSSR count). The fourth-order valence-electron chi connectivity index (χ4n) is 1.38. The first-order chi connectivity index (χ1) is 8.56. The normalized spacial score (nSPS) is 10.1. The molecule has 18 heavy (non-hydrogen) atoms. The Morgan fingerprint density at radius 2 is 1.83 bits per heavy atom. The van der Waals surface area contributed by atoms with E-state index >= 15 is 0 Å². The largest absolute Gasteiger partial charge is 0.454 e. The maximum absolute atomic E-state index is 13.5. The van der Waals surface area contributed by atoms with E-state index in [1.54, 1.807) is 36.4 Å². The van der Waals surface area contributed by atoms with Gasteiger partial charge in [-0.2, -0.15) is 0 Å². The SMILES string of the molecule is N=C(N)c1ccc(Oc2cc(Br)ccc2F)cc1. The molecule has 5 heteroatoms. The summed E-state index contributed by atoms with van der Waals surface area (Å²) in [6.07, 6.45) is 0. The Kier molecular flexibility index (Phi) is 3.62. The highest BCUT2D eigenvalue weighted by molar-refractivity contribution is 9.10. The first-order valence-corrected chi connectivity index (χ1v) is 5.93. The van der Waals surface area contributed by atoms with Gasteiger partial charge in [0.25, 0.3) is 0 Å². The summed E-state index contributed by atoms with van der Waals surface area (Å²) in [7, 11) is 0. The van der Waals surface area contributed by atoms with Gasteiger partial charge in [0.2, 0.25) is 0 Å². The standard InChI is InChI=1S/C13H10BrFN2O/c14-9-3-6-11(15)12(7-9)18-10-4-1-8(2-5-10)13(16)17/h1-7H,(H3,16,17). The smallest absolute Gasteiger partial charge is 0.165 e. The maximum Gasteiger partial charge on any atom is 0.165 e. The molecule has 0 aliphatic carbocycles. The quantitative estimate of drug-likeness (QED) is 0.671. The van der Waals surface area contributed by atoms with Crippen LogP contribution >= 0.6 is 15.9 Å². The molecule has 0 saturated carbocycles. The van der Waals surface area contributed by atoms with Crippen LogP contribution in [0, 0.1) is 11.2 Å². The summed E-state index contributed by atoms with van der Waals surface area (Å²) >= 11 is 3.25. The molecule has 0 atom stereocenters. The topological polar surface area (TPSA) is 59.1 Å². The van der Waals surface area contributed by atoms with Crippen LogP contribution in [0.1, 0.15) is 5.56 Å². The van der Waals surface area contributed by atoms with Crippen molar-refractivity contribution in [2.45, 2.75) is 0 Å². The molecule has 0 aliphatic rings. The van der Waals surface area contributed by atoms with Gasteiger partial charge < -0.3 is 10.5 Å². The molecule has 0 radical (unpaired) electrons. The third-order valence-corrected chi connectivity index (χ3v) is 2.78. The Morgan fingerprint density at radius 1 is 1.17 bits per heavy atom. The molecule has 2 aromatic rings. The van der Waals surface area contributed by atoms with E-state index in [1.165, 1.54) is 6.07 Å². The van der Waals surface area contributed by atoms with Gasteiger partial charge in [0.05, 0.1) is 0 Å². The molecule has 0 aromatic heterocycles. The number of hydrogen-bond donors (Lipinski definition) is 2. The van der Waals surface area contributed by atoms with Crippen molar-refractivity contribution in [1.29, 1.82) is 5.41 Å². The maximum atomic E-state index is 13.5. The minimum Gasteiger partial charge on any atom is -0.454 e. The van der Waals surface area contributed by atoms with Gasteiger partial charge in [0.15, 0.2) is 11.6 Å². The zero-order valence-corrected chi connectivity index (χ0v) is 10.9. The van der Waals surface area contributed by atoms with Crippen LogP contribution in [-0.2, 0) is 0 Å². The number of nitrogens with two attached hydrogens (primary N) is 1. The van der Waals surface area contributed by atoms with Gasteiger partial charge in [-0.1, -0.05) is 15.9 Å². The van der Waals surface area contributed by atoms with E-state index in [2.05, 4.69) is 15.9 Å². The van der Waals surface area contributed by atoms with Gasteiger partial charge in [-0.25, -0.2) is 4.39 Å². The highest BCUT2D eigenvalue weighted by Crippen LogP contribution is 2.27. The van der Waals surface area contributed by atoms with E-state index in [1.807, 2.05) is 0 Å². The second kappa shape index (κ2) is 5.18. The predicted molar refractivity (Wildman–Crippen MR) is 71.6 cm³/mol. The van der Waals surface area contributed by atoms with Crippen LogP contribution in [-0.4, -0.2) is 5.84 Å². The molecule has 92 valence electrons. The summed E-state index contributed by atoms with van der Waals surface area (Å²) in [4.78, 5) is 0. The first-order valence-electron chi connectivity index (χ1n) is 5.13. The highest BCUT2D eigenvalue weighted by Gasteiger charge is 2.05. The van der Waals surface area contributed by atoms with Crippen molar-refractivity contribution in [2.24, 2.45) is 5.73 Å². The second-order valence-electron chi connectivity index (χ2n) is 3.61. The number of nitrogens with one attached hydrogen (secondary N) is 1. The molecule has 0 unspecified atom stereocenters. The Balaban J connectivity index is 2.23. The summed E-state index contributed by atoms with van der Waals surface area (Å²) in [6, 6.07) is 11.0. The fraction of sp³-hybridized carbons (Fsp3) is 0. The number of benzene rings is 2. The van der Waals surface area contributed by atoms with E-state index in [-0.39, 0.29) is 11.6 Å². The zero-order valence-electron chi connectivity index (χ0n) is 9.28. The third-order valence-electron chi connectivity index (χ3n) is 2.29. The molecule has 0 fully saturated rings. The lowest BCUT2D eigenvalue weighted by Gasteiger charge is -2.07. The van der Waals surface area contributed by atoms with Gasteiger partial charge in [-0.05, 0) is 42.5 Å². The molecule has 0 spiro atoms. The number of nitrogen functional groups attached to an aromatic ring is 1. The van der Waals surface area contributed by atoms with Crippen LogP contribution in [0.2, 0.25) is 0 Å². The highest BCUT2D eigenvalue weighted by atomic mass is 79.9. The van der Waals surface area contributed by atoms with Crippen LogP contribution in [0.25, 0.3) is 0 Å². The van der Waals surface area contributed by atoms with Crippen LogP contribution in [0.4, 0.5) is 4.39 Å². The third kappa shape index (κ3) is 2.87. The second-order valence-corrected chi connectivity index (χ2v) is 4.53. The van der Waals surface area contributed by atoms with Crippen LogP contribution < -0.4 is 10.5 Å². The van der Waals surface area contributed by atoms with Crippen molar-refractivity contribution in [3.63, 3.8) is 0 Å². The van der Waals surface area contributed by atoms with E-state index in [4.69, 9.17) is 15.9 Å². The lowest BCUT2D eigenvalue weighted by molar-refractivity contribution is 0.442. The average molecular weight is 309 g/mol. The van der Waals surface area contributed by atoms with Crippen molar-refractivity contribution in [3.8, 4) is 11.5 Å². The van der Waals surface area contributed by atoms with Gasteiger partial charge in [0.1, 0.15) is 11.6 Å². The Morgan fingerprint density at radius 3 is 2.44 bits per heavy atom. The van der Waals surface area contributed by atoms with Crippen molar-refractivity contribution in [2.75, 3.05) is 0 Å². The summed E-state index contributed by atoms with van der Waals surface area (Å²) in [5, 5.41) is 7.26. The molecule has 0 amide bonds. The first kappa shape index (κ1) is 12.6. The molecular formula is C13H10BrFN2O. The summed E-state index contributed by atoms with van der Waals surface area (Å²) < 4.78 is 19.6. The van der Waals surface area contributed by atoms with Gasteiger partial charge >= 0.3 is 0 Å². The molecule has 3 nitrogen and oxygen atoms in total. The summed E-state index contributed by atoms with van der Waals surface area (Å²) in [6.45, 7) is 0. The molecule has 3 N–H and O–H groups in total. The zero-order chi connectivity index (χ0) is 13.1. The van der Waals surface area contributed by atoms with Crippen molar-refractivity contribution >= 4 is 21.8 Å². The molecular weight excluding hydrogens is 299 g/mol. The fourth-order valence-corrected chi connectivity index (χ4v) is 1.72. The minimum absolute atomic E-state index is 0.0183. The van der Waals surface area contributed by atoms with Crippen molar-refractivity contribution in [1.82, 2.24) is 0 Å². The van der Waals surface area contributed by atoms with Crippen LogP contribution in [0.15, 0.2) is 46.9 Å². The number of ether oxygens (including phenoxy) is 1. The molecule has 0 heterocycles. The number of hydrogen-bond acceptors (Lipinski definition) is 2. The van der Waals surface area contributed by atoms with Crippen molar-refractivity contribution < 1.29 is 9.13 Å². The predicted octanol–water partition coefficient (Wildman–Crippen LogP) is 3.66. The Bertz CT molecular complexity index is 584. The molecule has 0 aliphatic heterocycles. The van der Waals surface area contributed by atoms with E-state index in [0.717, 1.165) is 4.47 Å². The molecule has 2 aromatic carbocycles. The van der Waals surface area contributed by atoms with E-state index < -0.39 is 5.82 Å². The van der Waals surface area contributed by atoms with E-state index in [9.17, 15) is 4.39 Å². The average Bonchev–Trinajstić information content (AvgIpc) is 2.34. The summed E-state index contributed by atoms with van der Waals surface area (Å²) in [5.74, 6) is 0.168. The number of rotatable bonds is 3. The monoisotopic (exact) mass is 308 g/mol. The Labute approximate surface area is 112 Å². The van der Waals surface area contributed by atoms with Gasteiger partial charge in [-0.15, -0.1) is 0 Å². The summed E-state index contributed by atoms with van der Waals surface area (Å²) in [5.41, 5.74) is 5.93. The minimum atomic E-state index is -0.436. The molecule has 0 saturated heterocycles. The number of amidine groups is 1. The van der Waals surface area contributed by atoms with Crippen molar-refractivity contribution in [3.05, 3.63) is 58.3 Å². The van der Waals surface area contributed by atoms with E-state index in [0.29, 0.717) is 11.3 Å². The van der Waals surface area contributed by atoms with Crippen LogP contribution in [0.5, 0.6) is 11.5 Å². The van der Waals surface area contributed by atoms with Crippen LogP contribution in [0.3, 0.4) is 0 Å². The molecule has 0 bridgehead atoms. The van der Waals surface area contributed by atoms with Gasteiger partial charge in [-0.3, -0.25) is 5.41 Å². The Hall–Kier alpha value is -1.88. The lowest BCUT2D eigenvalue weighted by Crippen LogP contribution is -2.10.